The summed E-state index contributed by atoms with van der Waals surface area (Å²) in [6.07, 6.45) is 0.681. The number of hydrogen-bond acceptors (Lipinski definition) is 3. The molecule has 0 spiro atoms. The summed E-state index contributed by atoms with van der Waals surface area (Å²) in [5.74, 6) is 0.331. The molecule has 0 saturated carbocycles. The molecule has 0 radical (unpaired) electrons. The lowest BCUT2D eigenvalue weighted by molar-refractivity contribution is -0.116. The predicted octanol–water partition coefficient (Wildman–Crippen LogP) is 1.48. The van der Waals surface area contributed by atoms with Gasteiger partial charge in [-0.2, -0.15) is 0 Å². The number of Topliss-reactive ketones (excluding diaryl/α,β-unsaturated/α-hetero) is 1. The average molecular weight is 190 g/mol. The Morgan fingerprint density at radius 2 is 1.93 bits per heavy atom. The summed E-state index contributed by atoms with van der Waals surface area (Å²) in [4.78, 5) is 17.6. The van der Waals surface area contributed by atoms with Gasteiger partial charge in [-0.15, -0.1) is 0 Å². The van der Waals surface area contributed by atoms with Crippen LogP contribution in [0.15, 0.2) is 12.1 Å². The van der Waals surface area contributed by atoms with E-state index in [2.05, 4.69) is 9.88 Å². The molecule has 1 fully saturated rings. The summed E-state index contributed by atoms with van der Waals surface area (Å²) >= 11 is 0. The van der Waals surface area contributed by atoms with E-state index in [1.807, 2.05) is 26.0 Å². The largest absolute Gasteiger partial charge is 0.364 e. The van der Waals surface area contributed by atoms with Crippen LogP contribution in [0.5, 0.6) is 0 Å². The molecule has 74 valence electrons. The molecule has 1 aromatic rings. The Bertz CT molecular complexity index is 353. The maximum atomic E-state index is 11.1. The van der Waals surface area contributed by atoms with Crippen LogP contribution >= 0.6 is 0 Å². The van der Waals surface area contributed by atoms with Crippen molar-refractivity contribution < 1.29 is 4.79 Å². The average Bonchev–Trinajstić information content (AvgIpc) is 2.50. The van der Waals surface area contributed by atoms with Gasteiger partial charge < -0.3 is 4.90 Å². The van der Waals surface area contributed by atoms with E-state index in [1.165, 1.54) is 0 Å². The van der Waals surface area contributed by atoms with E-state index in [-0.39, 0.29) is 0 Å². The van der Waals surface area contributed by atoms with E-state index < -0.39 is 0 Å². The number of pyridine rings is 1. The molecule has 1 aliphatic heterocycles. The number of carbonyl (C=O) groups is 1. The molecule has 2 heterocycles. The standard InChI is InChI=1S/C11H14N2O/c1-8-5-10(6-9(2)12-8)13-4-3-11(14)7-13/h5-6H,3-4,7H2,1-2H3. The molecule has 1 aromatic heterocycles. The number of aryl methyl sites for hydroxylation is 2. The molecule has 1 saturated heterocycles. The Labute approximate surface area is 83.8 Å². The molecule has 1 aliphatic rings. The van der Waals surface area contributed by atoms with Crippen molar-refractivity contribution in [2.24, 2.45) is 0 Å². The lowest BCUT2D eigenvalue weighted by Crippen LogP contribution is -2.19. The van der Waals surface area contributed by atoms with E-state index >= 15 is 0 Å². The minimum Gasteiger partial charge on any atom is -0.364 e. The molecule has 0 amide bonds. The van der Waals surface area contributed by atoms with Gasteiger partial charge in [-0.3, -0.25) is 9.78 Å². The van der Waals surface area contributed by atoms with Crippen LogP contribution in [0, 0.1) is 13.8 Å². The fourth-order valence-electron chi connectivity index (χ4n) is 1.85. The Morgan fingerprint density at radius 3 is 2.43 bits per heavy atom. The lowest BCUT2D eigenvalue weighted by Gasteiger charge is -2.17. The van der Waals surface area contributed by atoms with Gasteiger partial charge in [0.2, 0.25) is 0 Å². The van der Waals surface area contributed by atoms with E-state index in [1.54, 1.807) is 0 Å². The van der Waals surface area contributed by atoms with Crippen molar-refractivity contribution in [2.75, 3.05) is 18.0 Å². The quantitative estimate of drug-likeness (QED) is 0.672. The molecular weight excluding hydrogens is 176 g/mol. The van der Waals surface area contributed by atoms with Crippen molar-refractivity contribution in [3.8, 4) is 0 Å². The van der Waals surface area contributed by atoms with Crippen LogP contribution < -0.4 is 4.90 Å². The number of hydrogen-bond donors (Lipinski definition) is 0. The highest BCUT2D eigenvalue weighted by Gasteiger charge is 2.19. The smallest absolute Gasteiger partial charge is 0.153 e. The maximum absolute atomic E-state index is 11.1. The third kappa shape index (κ3) is 1.76. The Morgan fingerprint density at radius 1 is 1.29 bits per heavy atom. The van der Waals surface area contributed by atoms with Gasteiger partial charge in [-0.1, -0.05) is 0 Å². The molecule has 3 heteroatoms. The highest BCUT2D eigenvalue weighted by molar-refractivity contribution is 5.87. The van der Waals surface area contributed by atoms with Crippen LogP contribution in [0.4, 0.5) is 5.69 Å². The summed E-state index contributed by atoms with van der Waals surface area (Å²) in [7, 11) is 0. The second kappa shape index (κ2) is 3.40. The molecule has 0 N–H and O–H groups in total. The molecule has 0 unspecified atom stereocenters. The SMILES string of the molecule is Cc1cc(N2CCC(=O)C2)cc(C)n1. The van der Waals surface area contributed by atoms with Gasteiger partial charge in [0, 0.05) is 30.0 Å². The molecule has 0 aromatic carbocycles. The molecule has 3 nitrogen and oxygen atoms in total. The second-order valence-electron chi connectivity index (χ2n) is 3.82. The number of ketones is 1. The number of aromatic nitrogens is 1. The third-order valence-electron chi connectivity index (χ3n) is 2.46. The zero-order valence-corrected chi connectivity index (χ0v) is 8.58. The van der Waals surface area contributed by atoms with Crippen LogP contribution in [-0.2, 0) is 4.79 Å². The van der Waals surface area contributed by atoms with Crippen molar-refractivity contribution in [1.82, 2.24) is 4.98 Å². The van der Waals surface area contributed by atoms with Gasteiger partial charge in [-0.25, -0.2) is 0 Å². The molecule has 14 heavy (non-hydrogen) atoms. The number of nitrogens with zero attached hydrogens (tertiary/aromatic N) is 2. The normalized spacial score (nSPS) is 16.4. The first kappa shape index (κ1) is 9.19. The minimum absolute atomic E-state index is 0.331. The van der Waals surface area contributed by atoms with Crippen LogP contribution in [0.3, 0.4) is 0 Å². The monoisotopic (exact) mass is 190 g/mol. The topological polar surface area (TPSA) is 33.2 Å². The number of anilines is 1. The second-order valence-corrected chi connectivity index (χ2v) is 3.82. The molecule has 0 bridgehead atoms. The molecular formula is C11H14N2O. The molecule has 2 rings (SSSR count). The van der Waals surface area contributed by atoms with Crippen molar-refractivity contribution in [3.05, 3.63) is 23.5 Å². The summed E-state index contributed by atoms with van der Waals surface area (Å²) in [6.45, 7) is 5.37. The van der Waals surface area contributed by atoms with Crippen LogP contribution in [0.25, 0.3) is 0 Å². The zero-order chi connectivity index (χ0) is 10.1. The first-order valence-electron chi connectivity index (χ1n) is 4.87. The highest BCUT2D eigenvalue weighted by Crippen LogP contribution is 2.19. The zero-order valence-electron chi connectivity index (χ0n) is 8.58. The van der Waals surface area contributed by atoms with Gasteiger partial charge in [0.05, 0.1) is 6.54 Å². The van der Waals surface area contributed by atoms with Gasteiger partial charge in [0.25, 0.3) is 0 Å². The Balaban J connectivity index is 2.27. The Kier molecular flexibility index (Phi) is 2.23. The summed E-state index contributed by atoms with van der Waals surface area (Å²) in [6, 6.07) is 4.07. The van der Waals surface area contributed by atoms with Gasteiger partial charge >= 0.3 is 0 Å². The summed E-state index contributed by atoms with van der Waals surface area (Å²) < 4.78 is 0. The molecule has 0 atom stereocenters. The van der Waals surface area contributed by atoms with Gasteiger partial charge in [-0.05, 0) is 26.0 Å². The summed E-state index contributed by atoms with van der Waals surface area (Å²) in [5, 5.41) is 0. The van der Waals surface area contributed by atoms with Gasteiger partial charge in [0.15, 0.2) is 5.78 Å². The van der Waals surface area contributed by atoms with Crippen LogP contribution in [0.1, 0.15) is 17.8 Å². The molecule has 0 aliphatic carbocycles. The van der Waals surface area contributed by atoms with E-state index in [0.29, 0.717) is 18.7 Å². The number of rotatable bonds is 1. The summed E-state index contributed by atoms with van der Waals surface area (Å²) in [5.41, 5.74) is 3.15. The van der Waals surface area contributed by atoms with Crippen molar-refractivity contribution in [2.45, 2.75) is 20.3 Å². The predicted molar refractivity (Wildman–Crippen MR) is 55.5 cm³/mol. The van der Waals surface area contributed by atoms with Crippen LogP contribution in [0.2, 0.25) is 0 Å². The maximum Gasteiger partial charge on any atom is 0.153 e. The Hall–Kier alpha value is -1.38. The van der Waals surface area contributed by atoms with Gasteiger partial charge in [0.1, 0.15) is 0 Å². The fraction of sp³-hybridized carbons (Fsp3) is 0.455. The minimum atomic E-state index is 0.331. The van der Waals surface area contributed by atoms with E-state index in [9.17, 15) is 4.79 Å². The van der Waals surface area contributed by atoms with Crippen molar-refractivity contribution in [1.29, 1.82) is 0 Å². The highest BCUT2D eigenvalue weighted by atomic mass is 16.1. The third-order valence-corrected chi connectivity index (χ3v) is 2.46. The van der Waals surface area contributed by atoms with E-state index in [0.717, 1.165) is 23.6 Å². The first-order chi connectivity index (χ1) is 6.65. The first-order valence-corrected chi connectivity index (χ1v) is 4.87. The van der Waals surface area contributed by atoms with Crippen molar-refractivity contribution in [3.63, 3.8) is 0 Å². The van der Waals surface area contributed by atoms with Crippen molar-refractivity contribution >= 4 is 11.5 Å². The van der Waals surface area contributed by atoms with E-state index in [4.69, 9.17) is 0 Å². The van der Waals surface area contributed by atoms with Crippen LogP contribution in [-0.4, -0.2) is 23.9 Å². The fourth-order valence-corrected chi connectivity index (χ4v) is 1.85. The lowest BCUT2D eigenvalue weighted by atomic mass is 10.2. The number of carbonyl (C=O) groups excluding carboxylic acids is 1.